The molecule has 1 N–H and O–H groups in total. The molecule has 0 radical (unpaired) electrons. The second kappa shape index (κ2) is 7.71. The fourth-order valence-electron chi connectivity index (χ4n) is 2.03. The van der Waals surface area contributed by atoms with E-state index in [2.05, 4.69) is 0 Å². The van der Waals surface area contributed by atoms with Crippen molar-refractivity contribution in [2.75, 3.05) is 7.11 Å². The molecule has 0 atom stereocenters. The molecule has 0 heterocycles. The highest BCUT2D eigenvalue weighted by molar-refractivity contribution is 6.30. The van der Waals surface area contributed by atoms with Crippen molar-refractivity contribution in [1.82, 2.24) is 0 Å². The zero-order valence-electron chi connectivity index (χ0n) is 12.2. The average molecular weight is 321 g/mol. The van der Waals surface area contributed by atoms with Gasteiger partial charge in [0.15, 0.2) is 11.5 Å². The number of hydrogen-bond acceptors (Lipinski definition) is 3. The van der Waals surface area contributed by atoms with Crippen molar-refractivity contribution in [2.24, 2.45) is 0 Å². The largest absolute Gasteiger partial charge is 0.493 e. The molecule has 2 aromatic rings. The summed E-state index contributed by atoms with van der Waals surface area (Å²) >= 11 is 5.94. The zero-order valence-corrected chi connectivity index (χ0v) is 13.0. The lowest BCUT2D eigenvalue weighted by molar-refractivity contribution is -0.136. The molecule has 0 aliphatic carbocycles. The third kappa shape index (κ3) is 4.67. The highest BCUT2D eigenvalue weighted by atomic mass is 35.5. The maximum Gasteiger partial charge on any atom is 0.303 e. The number of hydrogen-bond donors (Lipinski definition) is 1. The number of methoxy groups -OCH3 is 1. The lowest BCUT2D eigenvalue weighted by Gasteiger charge is -2.12. The fraction of sp³-hybridized carbons (Fsp3) is 0.235. The van der Waals surface area contributed by atoms with Gasteiger partial charge in [-0.2, -0.15) is 0 Å². The minimum atomic E-state index is -0.819. The van der Waals surface area contributed by atoms with Crippen LogP contribution in [-0.2, 0) is 17.8 Å². The van der Waals surface area contributed by atoms with Gasteiger partial charge in [-0.3, -0.25) is 4.79 Å². The number of ether oxygens (including phenoxy) is 2. The van der Waals surface area contributed by atoms with E-state index in [-0.39, 0.29) is 6.42 Å². The monoisotopic (exact) mass is 320 g/mol. The summed E-state index contributed by atoms with van der Waals surface area (Å²) in [6.07, 6.45) is 0.548. The number of rotatable bonds is 7. The smallest absolute Gasteiger partial charge is 0.303 e. The van der Waals surface area contributed by atoms with Crippen LogP contribution in [0.25, 0.3) is 0 Å². The molecule has 0 spiro atoms. The zero-order chi connectivity index (χ0) is 15.9. The Morgan fingerprint density at radius 2 is 1.95 bits per heavy atom. The summed E-state index contributed by atoms with van der Waals surface area (Å²) < 4.78 is 11.1. The number of carbonyl (C=O) groups is 1. The van der Waals surface area contributed by atoms with Crippen molar-refractivity contribution < 1.29 is 19.4 Å². The van der Waals surface area contributed by atoms with Crippen LogP contribution in [0.5, 0.6) is 11.5 Å². The minimum absolute atomic E-state index is 0.0892. The van der Waals surface area contributed by atoms with Gasteiger partial charge in [0.2, 0.25) is 0 Å². The molecule has 0 aliphatic rings. The van der Waals surface area contributed by atoms with E-state index in [1.807, 2.05) is 30.3 Å². The maximum absolute atomic E-state index is 10.6. The molecule has 0 aliphatic heterocycles. The SMILES string of the molecule is COc1cc(CCC(=O)O)ccc1OCc1cccc(Cl)c1. The number of halogens is 1. The van der Waals surface area contributed by atoms with Crippen molar-refractivity contribution in [2.45, 2.75) is 19.4 Å². The van der Waals surface area contributed by atoms with Gasteiger partial charge in [-0.15, -0.1) is 0 Å². The average Bonchev–Trinajstić information content (AvgIpc) is 2.51. The summed E-state index contributed by atoms with van der Waals surface area (Å²) in [4.78, 5) is 10.6. The Morgan fingerprint density at radius 3 is 2.64 bits per heavy atom. The van der Waals surface area contributed by atoms with Crippen LogP contribution < -0.4 is 9.47 Å². The van der Waals surface area contributed by atoms with Crippen LogP contribution in [0.3, 0.4) is 0 Å². The number of carboxylic acid groups (broad SMARTS) is 1. The van der Waals surface area contributed by atoms with Crippen LogP contribution in [0.4, 0.5) is 0 Å². The van der Waals surface area contributed by atoms with Gasteiger partial charge in [0.1, 0.15) is 6.61 Å². The van der Waals surface area contributed by atoms with E-state index in [1.165, 1.54) is 0 Å². The Bertz CT molecular complexity index is 655. The van der Waals surface area contributed by atoms with E-state index in [4.69, 9.17) is 26.2 Å². The molecule has 2 rings (SSSR count). The number of benzene rings is 2. The maximum atomic E-state index is 10.6. The fourth-order valence-corrected chi connectivity index (χ4v) is 2.24. The molecule has 0 saturated carbocycles. The summed E-state index contributed by atoms with van der Waals surface area (Å²) in [5.41, 5.74) is 1.86. The molecule has 0 bridgehead atoms. The lowest BCUT2D eigenvalue weighted by Crippen LogP contribution is -2.00. The number of aliphatic carboxylic acids is 1. The Balaban J connectivity index is 2.05. The van der Waals surface area contributed by atoms with Crippen molar-refractivity contribution in [3.8, 4) is 11.5 Å². The molecule has 0 saturated heterocycles. The molecular weight excluding hydrogens is 304 g/mol. The van der Waals surface area contributed by atoms with E-state index >= 15 is 0 Å². The first-order chi connectivity index (χ1) is 10.6. The Labute approximate surface area is 134 Å². The van der Waals surface area contributed by atoms with Crippen LogP contribution in [0.2, 0.25) is 5.02 Å². The summed E-state index contributed by atoms with van der Waals surface area (Å²) in [5.74, 6) is 0.381. The minimum Gasteiger partial charge on any atom is -0.493 e. The Kier molecular flexibility index (Phi) is 5.67. The van der Waals surface area contributed by atoms with E-state index in [9.17, 15) is 4.79 Å². The van der Waals surface area contributed by atoms with Crippen molar-refractivity contribution in [3.05, 3.63) is 58.6 Å². The highest BCUT2D eigenvalue weighted by Crippen LogP contribution is 2.29. The summed E-state index contributed by atoms with van der Waals surface area (Å²) in [6.45, 7) is 0.380. The first-order valence-electron chi connectivity index (χ1n) is 6.84. The van der Waals surface area contributed by atoms with Gasteiger partial charge in [0.25, 0.3) is 0 Å². The highest BCUT2D eigenvalue weighted by Gasteiger charge is 2.08. The summed E-state index contributed by atoms with van der Waals surface area (Å²) in [7, 11) is 1.56. The van der Waals surface area contributed by atoms with Crippen LogP contribution in [-0.4, -0.2) is 18.2 Å². The predicted molar refractivity (Wildman–Crippen MR) is 84.7 cm³/mol. The molecule has 5 heteroatoms. The molecule has 116 valence electrons. The molecule has 22 heavy (non-hydrogen) atoms. The summed E-state index contributed by atoms with van der Waals surface area (Å²) in [5, 5.41) is 9.39. The van der Waals surface area contributed by atoms with E-state index in [0.29, 0.717) is 29.5 Å². The standard InChI is InChI=1S/C17H17ClO4/c1-21-16-10-12(6-8-17(19)20)5-7-15(16)22-11-13-3-2-4-14(18)9-13/h2-5,7,9-10H,6,8,11H2,1H3,(H,19,20). The molecule has 0 fully saturated rings. The van der Waals surface area contributed by atoms with Gasteiger partial charge >= 0.3 is 5.97 Å². The van der Waals surface area contributed by atoms with Crippen LogP contribution in [0, 0.1) is 0 Å². The first kappa shape index (κ1) is 16.2. The topological polar surface area (TPSA) is 55.8 Å². The Morgan fingerprint density at radius 1 is 1.14 bits per heavy atom. The third-order valence-corrected chi connectivity index (χ3v) is 3.37. The summed E-state index contributed by atoms with van der Waals surface area (Å²) in [6, 6.07) is 12.9. The molecule has 4 nitrogen and oxygen atoms in total. The van der Waals surface area contributed by atoms with E-state index < -0.39 is 5.97 Å². The van der Waals surface area contributed by atoms with Gasteiger partial charge in [-0.1, -0.05) is 29.8 Å². The van der Waals surface area contributed by atoms with Gasteiger partial charge in [-0.25, -0.2) is 0 Å². The van der Waals surface area contributed by atoms with E-state index in [0.717, 1.165) is 11.1 Å². The third-order valence-electron chi connectivity index (χ3n) is 3.14. The predicted octanol–water partition coefficient (Wildman–Crippen LogP) is 3.94. The lowest BCUT2D eigenvalue weighted by atomic mass is 10.1. The molecular formula is C17H17ClO4. The van der Waals surface area contributed by atoms with Crippen molar-refractivity contribution >= 4 is 17.6 Å². The number of aryl methyl sites for hydroxylation is 1. The van der Waals surface area contributed by atoms with Crippen molar-refractivity contribution in [3.63, 3.8) is 0 Å². The molecule has 0 unspecified atom stereocenters. The number of carboxylic acids is 1. The second-order valence-electron chi connectivity index (χ2n) is 4.80. The molecule has 0 amide bonds. The van der Waals surface area contributed by atoms with Gasteiger partial charge in [-0.05, 0) is 41.8 Å². The Hall–Kier alpha value is -2.20. The second-order valence-corrected chi connectivity index (χ2v) is 5.23. The van der Waals surface area contributed by atoms with Gasteiger partial charge in [0.05, 0.1) is 7.11 Å². The van der Waals surface area contributed by atoms with Gasteiger partial charge in [0, 0.05) is 11.4 Å². The molecule has 0 aromatic heterocycles. The van der Waals surface area contributed by atoms with Crippen molar-refractivity contribution in [1.29, 1.82) is 0 Å². The molecule has 2 aromatic carbocycles. The van der Waals surface area contributed by atoms with E-state index in [1.54, 1.807) is 19.2 Å². The van der Waals surface area contributed by atoms with Crippen LogP contribution >= 0.6 is 11.6 Å². The first-order valence-corrected chi connectivity index (χ1v) is 7.22. The normalized spacial score (nSPS) is 10.3. The van der Waals surface area contributed by atoms with Gasteiger partial charge < -0.3 is 14.6 Å². The van der Waals surface area contributed by atoms with Crippen LogP contribution in [0.1, 0.15) is 17.5 Å². The quantitative estimate of drug-likeness (QED) is 0.839. The van der Waals surface area contributed by atoms with Crippen LogP contribution in [0.15, 0.2) is 42.5 Å².